The molecule has 8 heteroatoms. The van der Waals surface area contributed by atoms with E-state index in [1.807, 2.05) is 31.2 Å². The lowest BCUT2D eigenvalue weighted by molar-refractivity contribution is -0.757. The second-order valence-corrected chi connectivity index (χ2v) is 5.53. The summed E-state index contributed by atoms with van der Waals surface area (Å²) in [7, 11) is 0. The molecular formula is C16H21N3O5. The Morgan fingerprint density at radius 2 is 1.83 bits per heavy atom. The number of anilines is 1. The Morgan fingerprint density at radius 1 is 1.17 bits per heavy atom. The molecule has 130 valence electrons. The summed E-state index contributed by atoms with van der Waals surface area (Å²) in [6, 6.07) is 7.25. The van der Waals surface area contributed by atoms with Crippen molar-refractivity contribution in [2.45, 2.75) is 39.0 Å². The van der Waals surface area contributed by atoms with Crippen LogP contribution in [0.4, 0.5) is 5.69 Å². The van der Waals surface area contributed by atoms with Crippen molar-refractivity contribution in [2.24, 2.45) is 5.10 Å². The zero-order valence-electron chi connectivity index (χ0n) is 13.6. The Balaban J connectivity index is 1.64. The maximum atomic E-state index is 11.8. The highest BCUT2D eigenvalue weighted by molar-refractivity contribution is 6.12. The number of rotatable bonds is 10. The van der Waals surface area contributed by atoms with Gasteiger partial charge in [0, 0.05) is 5.71 Å². The fraction of sp³-hybridized carbons (Fsp3) is 0.500. The van der Waals surface area contributed by atoms with Gasteiger partial charge in [0.05, 0.1) is 25.3 Å². The van der Waals surface area contributed by atoms with Gasteiger partial charge in [-0.15, -0.1) is 10.1 Å². The second kappa shape index (κ2) is 8.85. The third-order valence-electron chi connectivity index (χ3n) is 3.50. The summed E-state index contributed by atoms with van der Waals surface area (Å²) in [6.45, 7) is 2.56. The van der Waals surface area contributed by atoms with E-state index in [1.54, 1.807) is 0 Å². The third-order valence-corrected chi connectivity index (χ3v) is 3.50. The number of amides is 1. The van der Waals surface area contributed by atoms with Gasteiger partial charge in [-0.25, -0.2) is 5.01 Å². The SMILES string of the molecule is CC1=NN(c2ccc(OCCCCCCO[N+](=O)[O-])cc2)C(=O)C1. The minimum absolute atomic E-state index is 0.0257. The normalized spacial score (nSPS) is 13.8. The predicted molar refractivity (Wildman–Crippen MR) is 88.6 cm³/mol. The molecule has 0 bridgehead atoms. The summed E-state index contributed by atoms with van der Waals surface area (Å²) in [5, 5.41) is 14.8. The molecule has 1 heterocycles. The highest BCUT2D eigenvalue weighted by Crippen LogP contribution is 2.23. The summed E-state index contributed by atoms with van der Waals surface area (Å²) in [5.41, 5.74) is 1.54. The van der Waals surface area contributed by atoms with Crippen molar-refractivity contribution in [1.82, 2.24) is 0 Å². The largest absolute Gasteiger partial charge is 0.494 e. The Morgan fingerprint density at radius 3 is 2.42 bits per heavy atom. The number of nitrogens with zero attached hydrogens (tertiary/aromatic N) is 3. The van der Waals surface area contributed by atoms with Crippen molar-refractivity contribution in [3.05, 3.63) is 34.4 Å². The van der Waals surface area contributed by atoms with E-state index in [1.165, 1.54) is 5.01 Å². The Kier molecular flexibility index (Phi) is 6.53. The summed E-state index contributed by atoms with van der Waals surface area (Å²) in [6.07, 6.45) is 3.69. The van der Waals surface area contributed by atoms with Gasteiger partial charge in [0.1, 0.15) is 5.75 Å². The molecule has 0 radical (unpaired) electrons. The molecule has 0 saturated carbocycles. The lowest BCUT2D eigenvalue weighted by Crippen LogP contribution is -2.19. The zero-order chi connectivity index (χ0) is 17.4. The van der Waals surface area contributed by atoms with E-state index in [2.05, 4.69) is 9.94 Å². The zero-order valence-corrected chi connectivity index (χ0v) is 13.6. The van der Waals surface area contributed by atoms with Crippen LogP contribution in [0.25, 0.3) is 0 Å². The first-order chi connectivity index (χ1) is 11.6. The smallest absolute Gasteiger partial charge is 0.294 e. The first-order valence-corrected chi connectivity index (χ1v) is 7.93. The summed E-state index contributed by atoms with van der Waals surface area (Å²) < 4.78 is 5.64. The fourth-order valence-corrected chi connectivity index (χ4v) is 2.33. The number of unbranched alkanes of at least 4 members (excludes halogenated alkanes) is 3. The summed E-state index contributed by atoms with van der Waals surface area (Å²) in [4.78, 5) is 26.0. The monoisotopic (exact) mass is 335 g/mol. The van der Waals surface area contributed by atoms with Crippen LogP contribution in [0.1, 0.15) is 39.0 Å². The standard InChI is InChI=1S/C16H21N3O5/c1-13-12-16(20)18(17-13)14-6-8-15(9-7-14)23-10-4-2-3-5-11-24-19(21)22/h6-9H,2-5,10-12H2,1H3. The van der Waals surface area contributed by atoms with Gasteiger partial charge in [0.15, 0.2) is 0 Å². The Bertz CT molecular complexity index is 600. The maximum Gasteiger partial charge on any atom is 0.294 e. The number of benzene rings is 1. The van der Waals surface area contributed by atoms with Gasteiger partial charge in [-0.3, -0.25) is 4.79 Å². The van der Waals surface area contributed by atoms with Crippen molar-refractivity contribution < 1.29 is 19.5 Å². The molecule has 0 N–H and O–H groups in total. The summed E-state index contributed by atoms with van der Waals surface area (Å²) in [5.74, 6) is 0.713. The molecule has 0 saturated heterocycles. The van der Waals surface area contributed by atoms with Crippen molar-refractivity contribution in [2.75, 3.05) is 18.2 Å². The molecule has 1 aliphatic rings. The van der Waals surface area contributed by atoms with E-state index in [4.69, 9.17) is 4.74 Å². The predicted octanol–water partition coefficient (Wildman–Crippen LogP) is 2.95. The van der Waals surface area contributed by atoms with Crippen LogP contribution in [-0.4, -0.2) is 29.9 Å². The van der Waals surface area contributed by atoms with Gasteiger partial charge >= 0.3 is 0 Å². The van der Waals surface area contributed by atoms with Crippen LogP contribution in [0.15, 0.2) is 29.4 Å². The molecule has 0 unspecified atom stereocenters. The average Bonchev–Trinajstić information content (AvgIpc) is 2.89. The topological polar surface area (TPSA) is 94.3 Å². The Labute approximate surface area is 140 Å². The third kappa shape index (κ3) is 5.53. The summed E-state index contributed by atoms with van der Waals surface area (Å²) >= 11 is 0. The Hall–Kier alpha value is -2.64. The molecule has 0 spiro atoms. The van der Waals surface area contributed by atoms with Gasteiger partial charge < -0.3 is 9.57 Å². The van der Waals surface area contributed by atoms with Crippen LogP contribution in [0, 0.1) is 10.1 Å². The first-order valence-electron chi connectivity index (χ1n) is 7.93. The van der Waals surface area contributed by atoms with Crippen LogP contribution in [-0.2, 0) is 9.63 Å². The molecule has 1 aromatic rings. The van der Waals surface area contributed by atoms with Crippen molar-refractivity contribution >= 4 is 17.3 Å². The minimum atomic E-state index is -0.769. The van der Waals surface area contributed by atoms with E-state index in [0.717, 1.165) is 36.4 Å². The van der Waals surface area contributed by atoms with Crippen molar-refractivity contribution in [3.63, 3.8) is 0 Å². The van der Waals surface area contributed by atoms with E-state index < -0.39 is 5.09 Å². The van der Waals surface area contributed by atoms with Crippen molar-refractivity contribution in [3.8, 4) is 5.75 Å². The number of ether oxygens (including phenoxy) is 1. The van der Waals surface area contributed by atoms with Crippen LogP contribution < -0.4 is 9.75 Å². The lowest BCUT2D eigenvalue weighted by atomic mass is 10.2. The molecule has 0 atom stereocenters. The molecule has 0 aromatic heterocycles. The quantitative estimate of drug-likeness (QED) is 0.372. The van der Waals surface area contributed by atoms with Crippen LogP contribution in [0.2, 0.25) is 0 Å². The number of carbonyl (C=O) groups is 1. The minimum Gasteiger partial charge on any atom is -0.494 e. The number of hydrogen-bond donors (Lipinski definition) is 0. The second-order valence-electron chi connectivity index (χ2n) is 5.53. The average molecular weight is 335 g/mol. The van der Waals surface area contributed by atoms with Gasteiger partial charge in [-0.05, 0) is 44.0 Å². The van der Waals surface area contributed by atoms with Gasteiger partial charge in [-0.2, -0.15) is 5.10 Å². The molecule has 8 nitrogen and oxygen atoms in total. The van der Waals surface area contributed by atoms with E-state index in [9.17, 15) is 14.9 Å². The highest BCUT2D eigenvalue weighted by Gasteiger charge is 2.22. The van der Waals surface area contributed by atoms with E-state index in [-0.39, 0.29) is 12.5 Å². The molecule has 0 aliphatic carbocycles. The van der Waals surface area contributed by atoms with E-state index in [0.29, 0.717) is 19.4 Å². The molecule has 24 heavy (non-hydrogen) atoms. The van der Waals surface area contributed by atoms with E-state index >= 15 is 0 Å². The lowest BCUT2D eigenvalue weighted by Gasteiger charge is -2.12. The van der Waals surface area contributed by atoms with Gasteiger partial charge in [-0.1, -0.05) is 12.8 Å². The number of carbonyl (C=O) groups excluding carboxylic acids is 1. The highest BCUT2D eigenvalue weighted by atomic mass is 16.9. The van der Waals surface area contributed by atoms with Crippen LogP contribution in [0.3, 0.4) is 0 Å². The van der Waals surface area contributed by atoms with Gasteiger partial charge in [0.2, 0.25) is 0 Å². The number of hydrogen-bond acceptors (Lipinski definition) is 6. The molecule has 2 rings (SSSR count). The van der Waals surface area contributed by atoms with Gasteiger partial charge in [0.25, 0.3) is 11.0 Å². The first kappa shape index (κ1) is 17.7. The van der Waals surface area contributed by atoms with Crippen molar-refractivity contribution in [1.29, 1.82) is 0 Å². The maximum absolute atomic E-state index is 11.8. The number of hydrazone groups is 1. The van der Waals surface area contributed by atoms with Crippen LogP contribution in [0.5, 0.6) is 5.75 Å². The molecule has 1 aliphatic heterocycles. The molecule has 1 aromatic carbocycles. The molecule has 1 amide bonds. The molecular weight excluding hydrogens is 314 g/mol. The fourth-order valence-electron chi connectivity index (χ4n) is 2.33. The van der Waals surface area contributed by atoms with Crippen LogP contribution >= 0.6 is 0 Å². The molecule has 0 fully saturated rings.